The summed E-state index contributed by atoms with van der Waals surface area (Å²) in [4.78, 5) is 19.4. The van der Waals surface area contributed by atoms with Gasteiger partial charge in [0.1, 0.15) is 0 Å². The quantitative estimate of drug-likeness (QED) is 0.780. The van der Waals surface area contributed by atoms with Crippen molar-refractivity contribution in [3.63, 3.8) is 0 Å². The largest absolute Gasteiger partial charge is 0.294 e. The first-order valence-corrected chi connectivity index (χ1v) is 5.62. The van der Waals surface area contributed by atoms with Crippen LogP contribution in [0.3, 0.4) is 0 Å². The van der Waals surface area contributed by atoms with Crippen LogP contribution in [-0.2, 0) is 0 Å². The van der Waals surface area contributed by atoms with E-state index in [9.17, 15) is 4.79 Å². The molecule has 0 aliphatic rings. The molecule has 0 atom stereocenters. The normalized spacial score (nSPS) is 10.3. The lowest BCUT2D eigenvalue weighted by Gasteiger charge is -2.07. The monoisotopic (exact) mass is 266 g/mol. The number of ketones is 1. The van der Waals surface area contributed by atoms with E-state index in [0.717, 1.165) is 0 Å². The van der Waals surface area contributed by atoms with Crippen LogP contribution in [0.15, 0.2) is 30.7 Å². The van der Waals surface area contributed by atoms with Gasteiger partial charge < -0.3 is 0 Å². The van der Waals surface area contributed by atoms with Crippen LogP contribution < -0.4 is 0 Å². The summed E-state index contributed by atoms with van der Waals surface area (Å²) in [6.07, 6.45) is 4.73. The van der Waals surface area contributed by atoms with Crippen molar-refractivity contribution in [1.29, 1.82) is 0 Å². The first-order chi connectivity index (χ1) is 8.11. The van der Waals surface area contributed by atoms with Gasteiger partial charge >= 0.3 is 0 Å². The molecule has 3 nitrogen and oxygen atoms in total. The number of halogens is 2. The summed E-state index contributed by atoms with van der Waals surface area (Å²) in [5.41, 5.74) is 1.69. The van der Waals surface area contributed by atoms with Gasteiger partial charge in [-0.2, -0.15) is 0 Å². The third kappa shape index (κ3) is 2.30. The van der Waals surface area contributed by atoms with E-state index >= 15 is 0 Å². The van der Waals surface area contributed by atoms with Gasteiger partial charge in [0.25, 0.3) is 0 Å². The van der Waals surface area contributed by atoms with E-state index in [1.807, 2.05) is 0 Å². The van der Waals surface area contributed by atoms with E-state index < -0.39 is 0 Å². The zero-order valence-electron chi connectivity index (χ0n) is 8.95. The molecule has 0 radical (unpaired) electrons. The smallest absolute Gasteiger partial charge is 0.161 e. The highest BCUT2D eigenvalue weighted by atomic mass is 35.5. The highest BCUT2D eigenvalue weighted by molar-refractivity contribution is 6.45. The van der Waals surface area contributed by atoms with Crippen molar-refractivity contribution in [1.82, 2.24) is 9.97 Å². The maximum absolute atomic E-state index is 11.3. The molecular formula is C12H8Cl2N2O. The van der Waals surface area contributed by atoms with Gasteiger partial charge in [0, 0.05) is 23.5 Å². The number of aromatic nitrogens is 2. The van der Waals surface area contributed by atoms with Crippen LogP contribution >= 0.6 is 23.2 Å². The van der Waals surface area contributed by atoms with Crippen molar-refractivity contribution in [3.8, 4) is 11.3 Å². The van der Waals surface area contributed by atoms with Gasteiger partial charge in [0.15, 0.2) is 5.78 Å². The predicted molar refractivity (Wildman–Crippen MR) is 67.5 cm³/mol. The van der Waals surface area contributed by atoms with Gasteiger partial charge in [0.2, 0.25) is 0 Å². The second-order valence-electron chi connectivity index (χ2n) is 3.44. The van der Waals surface area contributed by atoms with Gasteiger partial charge in [0.05, 0.1) is 21.9 Å². The van der Waals surface area contributed by atoms with Crippen molar-refractivity contribution >= 4 is 29.0 Å². The van der Waals surface area contributed by atoms with Gasteiger partial charge in [-0.05, 0) is 13.0 Å². The van der Waals surface area contributed by atoms with E-state index in [1.165, 1.54) is 6.92 Å². The Morgan fingerprint density at radius 1 is 1.18 bits per heavy atom. The topological polar surface area (TPSA) is 42.9 Å². The van der Waals surface area contributed by atoms with Crippen LogP contribution in [0.4, 0.5) is 0 Å². The fraction of sp³-hybridized carbons (Fsp3) is 0.0833. The lowest BCUT2D eigenvalue weighted by Crippen LogP contribution is -1.95. The van der Waals surface area contributed by atoms with E-state index in [-0.39, 0.29) is 10.8 Å². The van der Waals surface area contributed by atoms with E-state index in [4.69, 9.17) is 23.2 Å². The SMILES string of the molecule is CC(=O)c1ccc(-c2cnccn2)c(Cl)c1Cl. The van der Waals surface area contributed by atoms with Gasteiger partial charge in [-0.3, -0.25) is 14.8 Å². The van der Waals surface area contributed by atoms with Crippen LogP contribution in [0.1, 0.15) is 17.3 Å². The summed E-state index contributed by atoms with van der Waals surface area (Å²) in [6, 6.07) is 3.36. The second-order valence-corrected chi connectivity index (χ2v) is 4.19. The predicted octanol–water partition coefficient (Wildman–Crippen LogP) is 3.65. The fourth-order valence-corrected chi connectivity index (χ4v) is 2.02. The van der Waals surface area contributed by atoms with Gasteiger partial charge in [-0.1, -0.05) is 29.3 Å². The summed E-state index contributed by atoms with van der Waals surface area (Å²) >= 11 is 12.2. The third-order valence-electron chi connectivity index (χ3n) is 2.30. The molecule has 1 aromatic heterocycles. The molecule has 86 valence electrons. The minimum absolute atomic E-state index is 0.123. The van der Waals surface area contributed by atoms with Crippen LogP contribution in [0.2, 0.25) is 10.0 Å². The summed E-state index contributed by atoms with van der Waals surface area (Å²) in [6.45, 7) is 1.44. The Bertz CT molecular complexity index is 570. The second kappa shape index (κ2) is 4.82. The Morgan fingerprint density at radius 3 is 2.53 bits per heavy atom. The van der Waals surface area contributed by atoms with Crippen molar-refractivity contribution in [2.45, 2.75) is 6.92 Å². The van der Waals surface area contributed by atoms with Crippen LogP contribution in [-0.4, -0.2) is 15.8 Å². The zero-order chi connectivity index (χ0) is 12.4. The van der Waals surface area contributed by atoms with E-state index in [0.29, 0.717) is 21.8 Å². The molecular weight excluding hydrogens is 259 g/mol. The number of hydrogen-bond acceptors (Lipinski definition) is 3. The molecule has 0 aliphatic heterocycles. The molecule has 0 unspecified atom stereocenters. The fourth-order valence-electron chi connectivity index (χ4n) is 1.46. The Labute approximate surface area is 108 Å². The summed E-state index contributed by atoms with van der Waals surface area (Å²) in [7, 11) is 0. The lowest BCUT2D eigenvalue weighted by molar-refractivity contribution is 0.101. The van der Waals surface area contributed by atoms with Crippen molar-refractivity contribution in [3.05, 3.63) is 46.3 Å². The Hall–Kier alpha value is -1.45. The average molecular weight is 267 g/mol. The molecule has 5 heteroatoms. The van der Waals surface area contributed by atoms with E-state index in [2.05, 4.69) is 9.97 Å². The van der Waals surface area contributed by atoms with Crippen LogP contribution in [0, 0.1) is 0 Å². The number of carbonyl (C=O) groups excluding carboxylic acids is 1. The molecule has 0 aliphatic carbocycles. The minimum atomic E-state index is -0.123. The molecule has 0 saturated heterocycles. The van der Waals surface area contributed by atoms with E-state index in [1.54, 1.807) is 30.7 Å². The Morgan fingerprint density at radius 2 is 1.94 bits per heavy atom. The highest BCUT2D eigenvalue weighted by Gasteiger charge is 2.14. The highest BCUT2D eigenvalue weighted by Crippen LogP contribution is 2.34. The van der Waals surface area contributed by atoms with Crippen molar-refractivity contribution < 1.29 is 4.79 Å². The third-order valence-corrected chi connectivity index (χ3v) is 3.18. The number of carbonyl (C=O) groups is 1. The number of Topliss-reactive ketones (excluding diaryl/α,β-unsaturated/α-hetero) is 1. The summed E-state index contributed by atoms with van der Waals surface area (Å²) in [5, 5.41) is 0.571. The van der Waals surface area contributed by atoms with Crippen LogP contribution in [0.25, 0.3) is 11.3 Å². The molecule has 0 bridgehead atoms. The Kier molecular flexibility index (Phi) is 3.41. The van der Waals surface area contributed by atoms with Crippen molar-refractivity contribution in [2.24, 2.45) is 0 Å². The summed E-state index contributed by atoms with van der Waals surface area (Å²) < 4.78 is 0. The first kappa shape index (κ1) is 12.0. The maximum atomic E-state index is 11.3. The molecule has 2 aromatic rings. The zero-order valence-corrected chi connectivity index (χ0v) is 10.5. The van der Waals surface area contributed by atoms with Crippen molar-refractivity contribution in [2.75, 3.05) is 0 Å². The maximum Gasteiger partial charge on any atom is 0.161 e. The van der Waals surface area contributed by atoms with Gasteiger partial charge in [-0.15, -0.1) is 0 Å². The standard InChI is InChI=1S/C12H8Cl2N2O/c1-7(17)8-2-3-9(12(14)11(8)13)10-6-15-4-5-16-10/h2-6H,1H3. The number of hydrogen-bond donors (Lipinski definition) is 0. The molecule has 1 heterocycles. The summed E-state index contributed by atoms with van der Waals surface area (Å²) in [5.74, 6) is -0.123. The molecule has 0 saturated carbocycles. The molecule has 17 heavy (non-hydrogen) atoms. The minimum Gasteiger partial charge on any atom is -0.294 e. The first-order valence-electron chi connectivity index (χ1n) is 4.86. The lowest BCUT2D eigenvalue weighted by atomic mass is 10.1. The molecule has 0 fully saturated rings. The number of nitrogens with zero attached hydrogens (tertiary/aromatic N) is 2. The number of benzene rings is 1. The average Bonchev–Trinajstić information content (AvgIpc) is 2.33. The van der Waals surface area contributed by atoms with Gasteiger partial charge in [-0.25, -0.2) is 0 Å². The molecule has 1 aromatic carbocycles. The van der Waals surface area contributed by atoms with Crippen LogP contribution in [0.5, 0.6) is 0 Å². The number of rotatable bonds is 2. The molecule has 0 spiro atoms. The molecule has 0 N–H and O–H groups in total. The molecule has 2 rings (SSSR count). The molecule has 0 amide bonds. The Balaban J connectivity index is 2.60.